The predicted molar refractivity (Wildman–Crippen MR) is 49.4 cm³/mol. The molecule has 1 nitrogen and oxygen atoms in total. The monoisotopic (exact) mass is 145 g/mol. The van der Waals surface area contributed by atoms with Crippen LogP contribution in [0.5, 0.6) is 0 Å². The van der Waals surface area contributed by atoms with Crippen molar-refractivity contribution in [2.75, 3.05) is 20.6 Å². The van der Waals surface area contributed by atoms with Gasteiger partial charge in [0, 0.05) is 6.54 Å². The zero-order valence-electron chi connectivity index (χ0n) is 8.44. The molecule has 1 unspecified atom stereocenters. The first-order valence-electron chi connectivity index (χ1n) is 4.31. The lowest BCUT2D eigenvalue weighted by molar-refractivity contribution is 0.334. The summed E-state index contributed by atoms with van der Waals surface area (Å²) in [4.78, 5) is 2.23. The fraction of sp³-hybridized carbons (Fsp3) is 1.00. The molecule has 0 aromatic rings. The molecule has 0 aliphatic heterocycles. The number of hydrogen-bond donors (Lipinski definition) is 0. The lowest BCUT2D eigenvalue weighted by Gasteiger charge is -2.13. The average molecular weight is 145 g/mol. The van der Waals surface area contributed by atoms with Crippen molar-refractivity contribution in [3.05, 3.63) is 0 Å². The molecule has 0 aliphatic carbocycles. The van der Waals surface area contributed by atoms with Crippen LogP contribution in [0.2, 0.25) is 0 Å². The molecule has 0 rings (SSSR count). The standard InChI is InChI=1S/C7H17N.C2H6/c1-5-7(2)6-8(3)4;1-2/h7H,5-6H2,1-4H3;1-2H3. The highest BCUT2D eigenvalue weighted by molar-refractivity contribution is 4.51. The van der Waals surface area contributed by atoms with Crippen LogP contribution in [-0.4, -0.2) is 25.5 Å². The summed E-state index contributed by atoms with van der Waals surface area (Å²) in [6, 6.07) is 0. The Bertz CT molecular complexity index is 50.7. The fourth-order valence-electron chi connectivity index (χ4n) is 0.752. The van der Waals surface area contributed by atoms with Crippen LogP contribution in [-0.2, 0) is 0 Å². The Morgan fingerprint density at radius 3 is 1.70 bits per heavy atom. The largest absolute Gasteiger partial charge is 0.309 e. The topological polar surface area (TPSA) is 3.24 Å². The van der Waals surface area contributed by atoms with Crippen LogP contribution in [0.25, 0.3) is 0 Å². The van der Waals surface area contributed by atoms with Gasteiger partial charge in [-0.2, -0.15) is 0 Å². The van der Waals surface area contributed by atoms with E-state index in [2.05, 4.69) is 32.8 Å². The second kappa shape index (κ2) is 8.96. The van der Waals surface area contributed by atoms with Crippen molar-refractivity contribution in [2.24, 2.45) is 5.92 Å². The van der Waals surface area contributed by atoms with Crippen molar-refractivity contribution in [1.29, 1.82) is 0 Å². The fourth-order valence-corrected chi connectivity index (χ4v) is 0.752. The summed E-state index contributed by atoms with van der Waals surface area (Å²) in [5, 5.41) is 0. The molecule has 1 atom stereocenters. The van der Waals surface area contributed by atoms with Crippen LogP contribution in [0, 0.1) is 5.92 Å². The molecule has 0 saturated carbocycles. The van der Waals surface area contributed by atoms with Crippen LogP contribution >= 0.6 is 0 Å². The van der Waals surface area contributed by atoms with E-state index in [-0.39, 0.29) is 0 Å². The smallest absolute Gasteiger partial charge is 0.0000818 e. The van der Waals surface area contributed by atoms with Gasteiger partial charge in [-0.05, 0) is 20.0 Å². The summed E-state index contributed by atoms with van der Waals surface area (Å²) in [6.45, 7) is 9.73. The third kappa shape index (κ3) is 10.9. The first-order valence-corrected chi connectivity index (χ1v) is 4.31. The first kappa shape index (κ1) is 12.6. The summed E-state index contributed by atoms with van der Waals surface area (Å²) in [7, 11) is 4.23. The van der Waals surface area contributed by atoms with E-state index in [1.54, 1.807) is 0 Å². The van der Waals surface area contributed by atoms with Crippen molar-refractivity contribution in [3.8, 4) is 0 Å². The second-order valence-corrected chi connectivity index (χ2v) is 2.78. The van der Waals surface area contributed by atoms with Gasteiger partial charge in [-0.3, -0.25) is 0 Å². The minimum absolute atomic E-state index is 0.852. The van der Waals surface area contributed by atoms with Gasteiger partial charge < -0.3 is 4.90 Å². The highest BCUT2D eigenvalue weighted by Gasteiger charge is 1.97. The molecule has 0 bridgehead atoms. The third-order valence-electron chi connectivity index (χ3n) is 1.37. The SMILES string of the molecule is CC.CCC(C)CN(C)C. The van der Waals surface area contributed by atoms with Gasteiger partial charge in [0.1, 0.15) is 0 Å². The predicted octanol–water partition coefficient (Wildman–Crippen LogP) is 2.62. The molecule has 0 aliphatic rings. The van der Waals surface area contributed by atoms with E-state index in [4.69, 9.17) is 0 Å². The maximum absolute atomic E-state index is 2.28. The van der Waals surface area contributed by atoms with E-state index in [0.717, 1.165) is 5.92 Å². The Morgan fingerprint density at radius 1 is 1.20 bits per heavy atom. The van der Waals surface area contributed by atoms with Gasteiger partial charge in [0.25, 0.3) is 0 Å². The molecule has 0 heterocycles. The van der Waals surface area contributed by atoms with Crippen molar-refractivity contribution >= 4 is 0 Å². The maximum atomic E-state index is 2.28. The summed E-state index contributed by atoms with van der Waals surface area (Å²) in [5.41, 5.74) is 0. The quantitative estimate of drug-likeness (QED) is 0.590. The number of nitrogens with zero attached hydrogens (tertiary/aromatic N) is 1. The van der Waals surface area contributed by atoms with Gasteiger partial charge in [0.2, 0.25) is 0 Å². The summed E-state index contributed by atoms with van der Waals surface area (Å²) < 4.78 is 0. The molecule has 64 valence electrons. The first-order chi connectivity index (χ1) is 4.66. The average Bonchev–Trinajstić information content (AvgIpc) is 1.91. The summed E-state index contributed by atoms with van der Waals surface area (Å²) in [5.74, 6) is 0.852. The van der Waals surface area contributed by atoms with Crippen LogP contribution < -0.4 is 0 Å². The molecule has 0 aromatic heterocycles. The van der Waals surface area contributed by atoms with Crippen LogP contribution in [0.3, 0.4) is 0 Å². The molecule has 0 fully saturated rings. The Hall–Kier alpha value is -0.0400. The lowest BCUT2D eigenvalue weighted by atomic mass is 10.1. The molecular weight excluding hydrogens is 122 g/mol. The van der Waals surface area contributed by atoms with E-state index in [0.29, 0.717) is 0 Å². The molecule has 1 heteroatoms. The Morgan fingerprint density at radius 2 is 1.60 bits per heavy atom. The van der Waals surface area contributed by atoms with Gasteiger partial charge in [-0.1, -0.05) is 34.1 Å². The van der Waals surface area contributed by atoms with E-state index in [9.17, 15) is 0 Å². The zero-order chi connectivity index (χ0) is 8.57. The van der Waals surface area contributed by atoms with Gasteiger partial charge >= 0.3 is 0 Å². The minimum atomic E-state index is 0.852. The molecule has 0 amide bonds. The molecule has 0 aromatic carbocycles. The second-order valence-electron chi connectivity index (χ2n) is 2.78. The van der Waals surface area contributed by atoms with E-state index in [1.807, 2.05) is 13.8 Å². The van der Waals surface area contributed by atoms with Crippen molar-refractivity contribution in [1.82, 2.24) is 4.90 Å². The zero-order valence-corrected chi connectivity index (χ0v) is 8.44. The maximum Gasteiger partial charge on any atom is 0.0000818 e. The minimum Gasteiger partial charge on any atom is -0.309 e. The van der Waals surface area contributed by atoms with Gasteiger partial charge in [0.15, 0.2) is 0 Å². The van der Waals surface area contributed by atoms with Gasteiger partial charge in [-0.25, -0.2) is 0 Å². The third-order valence-corrected chi connectivity index (χ3v) is 1.37. The van der Waals surface area contributed by atoms with E-state index < -0.39 is 0 Å². The van der Waals surface area contributed by atoms with Crippen LogP contribution in [0.15, 0.2) is 0 Å². The van der Waals surface area contributed by atoms with Crippen molar-refractivity contribution in [2.45, 2.75) is 34.1 Å². The summed E-state index contributed by atoms with van der Waals surface area (Å²) >= 11 is 0. The van der Waals surface area contributed by atoms with Crippen molar-refractivity contribution < 1.29 is 0 Å². The number of rotatable bonds is 3. The van der Waals surface area contributed by atoms with Crippen molar-refractivity contribution in [3.63, 3.8) is 0 Å². The highest BCUT2D eigenvalue weighted by Crippen LogP contribution is 1.99. The Balaban J connectivity index is 0. The van der Waals surface area contributed by atoms with E-state index >= 15 is 0 Å². The molecular formula is C9H23N. The van der Waals surface area contributed by atoms with Crippen LogP contribution in [0.4, 0.5) is 0 Å². The Labute approximate surface area is 66.4 Å². The van der Waals surface area contributed by atoms with E-state index in [1.165, 1.54) is 13.0 Å². The van der Waals surface area contributed by atoms with Gasteiger partial charge in [0.05, 0.1) is 0 Å². The Kier molecular flexibility index (Phi) is 11.3. The normalized spacial score (nSPS) is 12.3. The molecule has 0 spiro atoms. The highest BCUT2D eigenvalue weighted by atomic mass is 15.0. The lowest BCUT2D eigenvalue weighted by Crippen LogP contribution is -2.18. The molecule has 0 saturated heterocycles. The molecule has 0 N–H and O–H groups in total. The van der Waals surface area contributed by atoms with Crippen LogP contribution in [0.1, 0.15) is 34.1 Å². The summed E-state index contributed by atoms with van der Waals surface area (Å²) in [6.07, 6.45) is 1.29. The number of hydrogen-bond acceptors (Lipinski definition) is 1. The molecule has 0 radical (unpaired) electrons. The molecule has 10 heavy (non-hydrogen) atoms. The van der Waals surface area contributed by atoms with Gasteiger partial charge in [-0.15, -0.1) is 0 Å².